The van der Waals surface area contributed by atoms with Crippen LogP contribution < -0.4 is 4.90 Å². The van der Waals surface area contributed by atoms with E-state index < -0.39 is 0 Å². The van der Waals surface area contributed by atoms with Gasteiger partial charge in [0.2, 0.25) is 5.91 Å². The molecule has 0 bridgehead atoms. The smallest absolute Gasteiger partial charge is 0.225 e. The molecule has 0 spiro atoms. The molecule has 1 aromatic rings. The molecule has 0 atom stereocenters. The second kappa shape index (κ2) is 6.46. The molecule has 1 amide bonds. The Labute approximate surface area is 131 Å². The number of carbonyl (C=O) groups excluding carboxylic acids is 2. The highest BCUT2D eigenvalue weighted by Crippen LogP contribution is 2.28. The predicted molar refractivity (Wildman–Crippen MR) is 85.0 cm³/mol. The second-order valence-electron chi connectivity index (χ2n) is 6.25. The Morgan fingerprint density at radius 1 is 1.09 bits per heavy atom. The van der Waals surface area contributed by atoms with Crippen molar-refractivity contribution in [3.63, 3.8) is 0 Å². The van der Waals surface area contributed by atoms with Gasteiger partial charge in [0.05, 0.1) is 0 Å². The van der Waals surface area contributed by atoms with Crippen LogP contribution in [0.3, 0.4) is 0 Å². The number of Topliss-reactive ketones (excluding diaryl/α,β-unsaturated/α-hetero) is 1. The zero-order valence-electron chi connectivity index (χ0n) is 13.1. The van der Waals surface area contributed by atoms with Gasteiger partial charge in [0.25, 0.3) is 0 Å². The highest BCUT2D eigenvalue weighted by molar-refractivity contribution is 5.93. The van der Waals surface area contributed by atoms with E-state index >= 15 is 0 Å². The molecule has 1 saturated heterocycles. The number of hydrogen-bond acceptors (Lipinski definition) is 4. The number of pyridine rings is 1. The third-order valence-corrected chi connectivity index (χ3v) is 4.74. The van der Waals surface area contributed by atoms with Gasteiger partial charge in [-0.15, -0.1) is 0 Å². The number of anilines is 1. The van der Waals surface area contributed by atoms with Crippen LogP contribution in [0.25, 0.3) is 0 Å². The monoisotopic (exact) mass is 301 g/mol. The molecule has 1 aliphatic heterocycles. The molecule has 1 aliphatic carbocycles. The normalized spacial score (nSPS) is 19.5. The summed E-state index contributed by atoms with van der Waals surface area (Å²) in [6.45, 7) is 4.88. The number of carbonyl (C=O) groups is 2. The minimum Gasteiger partial charge on any atom is -0.355 e. The van der Waals surface area contributed by atoms with Crippen LogP contribution in [-0.2, 0) is 4.79 Å². The average molecular weight is 301 g/mol. The fourth-order valence-corrected chi connectivity index (χ4v) is 3.06. The Kier molecular flexibility index (Phi) is 4.41. The number of nitrogens with zero attached hydrogens (tertiary/aromatic N) is 3. The van der Waals surface area contributed by atoms with E-state index in [0.717, 1.165) is 51.3 Å². The third-order valence-electron chi connectivity index (χ3n) is 4.74. The van der Waals surface area contributed by atoms with E-state index in [-0.39, 0.29) is 11.7 Å². The molecule has 118 valence electrons. The summed E-state index contributed by atoms with van der Waals surface area (Å²) in [6.07, 6.45) is 5.93. The van der Waals surface area contributed by atoms with Gasteiger partial charge < -0.3 is 9.80 Å². The molecule has 0 radical (unpaired) electrons. The number of hydrogen-bond donors (Lipinski definition) is 0. The Bertz CT molecular complexity index is 552. The fraction of sp³-hybridized carbons (Fsp3) is 0.588. The molecular formula is C17H23N3O2. The minimum absolute atomic E-state index is 0.0344. The molecule has 0 aromatic carbocycles. The molecule has 5 heteroatoms. The van der Waals surface area contributed by atoms with Crippen molar-refractivity contribution in [2.45, 2.75) is 32.6 Å². The van der Waals surface area contributed by atoms with Crippen LogP contribution in [0.1, 0.15) is 43.0 Å². The maximum Gasteiger partial charge on any atom is 0.225 e. The van der Waals surface area contributed by atoms with Crippen molar-refractivity contribution in [3.05, 3.63) is 23.9 Å². The maximum atomic E-state index is 12.4. The molecule has 22 heavy (non-hydrogen) atoms. The maximum absolute atomic E-state index is 12.4. The van der Waals surface area contributed by atoms with E-state index in [9.17, 15) is 9.59 Å². The van der Waals surface area contributed by atoms with Crippen molar-refractivity contribution in [3.8, 4) is 0 Å². The Morgan fingerprint density at radius 3 is 2.50 bits per heavy atom. The van der Waals surface area contributed by atoms with E-state index in [1.165, 1.54) is 6.42 Å². The summed E-state index contributed by atoms with van der Waals surface area (Å²) < 4.78 is 0. The zero-order chi connectivity index (χ0) is 15.5. The van der Waals surface area contributed by atoms with Crippen molar-refractivity contribution in [2.75, 3.05) is 31.1 Å². The van der Waals surface area contributed by atoms with Crippen LogP contribution >= 0.6 is 0 Å². The largest absolute Gasteiger partial charge is 0.355 e. The highest BCUT2D eigenvalue weighted by atomic mass is 16.2. The van der Waals surface area contributed by atoms with E-state index in [1.807, 2.05) is 17.0 Å². The van der Waals surface area contributed by atoms with Crippen LogP contribution in [-0.4, -0.2) is 47.8 Å². The average Bonchev–Trinajstić information content (AvgIpc) is 2.71. The lowest BCUT2D eigenvalue weighted by Gasteiger charge is -2.31. The van der Waals surface area contributed by atoms with Crippen LogP contribution in [0.15, 0.2) is 18.3 Å². The number of aromatic nitrogens is 1. The Balaban J connectivity index is 1.62. The van der Waals surface area contributed by atoms with Gasteiger partial charge in [-0.25, -0.2) is 4.98 Å². The lowest BCUT2D eigenvalue weighted by molar-refractivity contribution is -0.137. The fourth-order valence-electron chi connectivity index (χ4n) is 3.06. The van der Waals surface area contributed by atoms with Gasteiger partial charge in [0.1, 0.15) is 5.82 Å². The number of ketones is 1. The summed E-state index contributed by atoms with van der Waals surface area (Å²) >= 11 is 0. The first-order valence-corrected chi connectivity index (χ1v) is 8.16. The topological polar surface area (TPSA) is 53.5 Å². The summed E-state index contributed by atoms with van der Waals surface area (Å²) in [5.74, 6) is 1.54. The molecule has 1 saturated carbocycles. The van der Waals surface area contributed by atoms with Gasteiger partial charge in [0.15, 0.2) is 5.78 Å². The van der Waals surface area contributed by atoms with Crippen molar-refractivity contribution >= 4 is 17.5 Å². The molecule has 1 aromatic heterocycles. The molecule has 0 unspecified atom stereocenters. The van der Waals surface area contributed by atoms with Crippen molar-refractivity contribution in [1.82, 2.24) is 9.88 Å². The second-order valence-corrected chi connectivity index (χ2v) is 6.25. The molecule has 2 fully saturated rings. The molecular weight excluding hydrogens is 278 g/mol. The first kappa shape index (κ1) is 15.0. The SMILES string of the molecule is CC(=O)c1ccc(N2CCCN(C(=O)C3CCC3)CC2)nc1. The summed E-state index contributed by atoms with van der Waals surface area (Å²) in [5.41, 5.74) is 0.639. The van der Waals surface area contributed by atoms with Gasteiger partial charge in [-0.05, 0) is 38.3 Å². The van der Waals surface area contributed by atoms with Gasteiger partial charge in [-0.2, -0.15) is 0 Å². The Morgan fingerprint density at radius 2 is 1.91 bits per heavy atom. The lowest BCUT2D eigenvalue weighted by Crippen LogP contribution is -2.41. The van der Waals surface area contributed by atoms with Crippen LogP contribution in [0.2, 0.25) is 0 Å². The predicted octanol–water partition coefficient (Wildman–Crippen LogP) is 2.12. The molecule has 5 nitrogen and oxygen atoms in total. The third kappa shape index (κ3) is 3.13. The van der Waals surface area contributed by atoms with Crippen LogP contribution in [0.4, 0.5) is 5.82 Å². The van der Waals surface area contributed by atoms with E-state index in [1.54, 1.807) is 13.1 Å². The molecule has 2 aliphatic rings. The van der Waals surface area contributed by atoms with Crippen molar-refractivity contribution in [1.29, 1.82) is 0 Å². The minimum atomic E-state index is 0.0344. The van der Waals surface area contributed by atoms with Gasteiger partial charge in [0, 0.05) is 43.9 Å². The van der Waals surface area contributed by atoms with Gasteiger partial charge in [-0.3, -0.25) is 9.59 Å². The molecule has 0 N–H and O–H groups in total. The first-order valence-electron chi connectivity index (χ1n) is 8.16. The van der Waals surface area contributed by atoms with Gasteiger partial charge >= 0.3 is 0 Å². The molecule has 3 rings (SSSR count). The summed E-state index contributed by atoms with van der Waals surface area (Å²) in [6, 6.07) is 3.73. The number of rotatable bonds is 3. The van der Waals surface area contributed by atoms with Crippen LogP contribution in [0.5, 0.6) is 0 Å². The highest BCUT2D eigenvalue weighted by Gasteiger charge is 2.30. The Hall–Kier alpha value is -1.91. The summed E-state index contributed by atoms with van der Waals surface area (Å²) in [7, 11) is 0. The van der Waals surface area contributed by atoms with E-state index in [4.69, 9.17) is 0 Å². The van der Waals surface area contributed by atoms with Crippen LogP contribution in [0, 0.1) is 5.92 Å². The standard InChI is InChI=1S/C17H23N3O2/c1-13(21)15-6-7-16(18-12-15)19-8-3-9-20(11-10-19)17(22)14-4-2-5-14/h6-7,12,14H,2-5,8-11H2,1H3. The quantitative estimate of drug-likeness (QED) is 0.803. The van der Waals surface area contributed by atoms with E-state index in [2.05, 4.69) is 9.88 Å². The van der Waals surface area contributed by atoms with Crippen molar-refractivity contribution < 1.29 is 9.59 Å². The summed E-state index contributed by atoms with van der Waals surface area (Å²) in [4.78, 5) is 32.3. The van der Waals surface area contributed by atoms with E-state index in [0.29, 0.717) is 11.5 Å². The first-order chi connectivity index (χ1) is 10.6. The number of amides is 1. The van der Waals surface area contributed by atoms with Crippen molar-refractivity contribution in [2.24, 2.45) is 5.92 Å². The summed E-state index contributed by atoms with van der Waals surface area (Å²) in [5, 5.41) is 0. The molecule has 2 heterocycles. The lowest BCUT2D eigenvalue weighted by atomic mass is 9.84. The van der Waals surface area contributed by atoms with Gasteiger partial charge in [-0.1, -0.05) is 6.42 Å². The zero-order valence-corrected chi connectivity index (χ0v) is 13.1.